The zero-order valence-corrected chi connectivity index (χ0v) is 16.2. The summed E-state index contributed by atoms with van der Waals surface area (Å²) in [4.78, 5) is 23.3. The Morgan fingerprint density at radius 2 is 1.96 bits per heavy atom. The summed E-state index contributed by atoms with van der Waals surface area (Å²) < 4.78 is 20.9. The number of rotatable bonds is 6. The van der Waals surface area contributed by atoms with Gasteiger partial charge in [-0.1, -0.05) is 40.2 Å². The first kappa shape index (κ1) is 19.6. The van der Waals surface area contributed by atoms with E-state index in [1.165, 1.54) is 10.9 Å². The highest BCUT2D eigenvalue weighted by Crippen LogP contribution is 2.23. The van der Waals surface area contributed by atoms with Crippen LogP contribution in [-0.4, -0.2) is 27.0 Å². The second kappa shape index (κ2) is 8.66. The Bertz CT molecular complexity index is 1070. The van der Waals surface area contributed by atoms with E-state index < -0.39 is 11.8 Å². The van der Waals surface area contributed by atoms with Gasteiger partial charge in [0.1, 0.15) is 12.9 Å². The molecule has 1 amide bonds. The molecule has 0 aliphatic rings. The molecule has 144 valence electrons. The molecule has 0 saturated heterocycles. The monoisotopic (exact) mass is 446 g/mol. The van der Waals surface area contributed by atoms with E-state index in [-0.39, 0.29) is 25.1 Å². The van der Waals surface area contributed by atoms with Crippen molar-refractivity contribution in [2.45, 2.75) is 6.54 Å². The van der Waals surface area contributed by atoms with Gasteiger partial charge in [-0.3, -0.25) is 0 Å². The molecule has 0 radical (unpaired) electrons. The SMILES string of the molecule is NC(=O)OCC(=CF)Cn1ncn(-c2cccc(-c3ccc(Br)cc3)c2)c1=O. The lowest BCUT2D eigenvalue weighted by Gasteiger charge is -2.06. The highest BCUT2D eigenvalue weighted by Gasteiger charge is 2.11. The maximum absolute atomic E-state index is 13.0. The van der Waals surface area contributed by atoms with Crippen LogP contribution in [0.4, 0.5) is 9.18 Å². The fourth-order valence-electron chi connectivity index (χ4n) is 2.57. The predicted molar refractivity (Wildman–Crippen MR) is 106 cm³/mol. The number of nitrogens with two attached hydrogens (primary N) is 1. The average molecular weight is 447 g/mol. The molecule has 0 spiro atoms. The summed E-state index contributed by atoms with van der Waals surface area (Å²) in [5.74, 6) is 0. The van der Waals surface area contributed by atoms with Gasteiger partial charge in [0.15, 0.2) is 0 Å². The smallest absolute Gasteiger partial charge is 0.404 e. The zero-order chi connectivity index (χ0) is 20.1. The van der Waals surface area contributed by atoms with Crippen molar-refractivity contribution < 1.29 is 13.9 Å². The summed E-state index contributed by atoms with van der Waals surface area (Å²) in [6.45, 7) is -0.522. The third-order valence-electron chi connectivity index (χ3n) is 3.94. The Morgan fingerprint density at radius 3 is 2.64 bits per heavy atom. The van der Waals surface area contributed by atoms with Crippen LogP contribution in [0.25, 0.3) is 16.8 Å². The molecule has 1 heterocycles. The molecule has 7 nitrogen and oxygen atoms in total. The fourth-order valence-corrected chi connectivity index (χ4v) is 2.83. The van der Waals surface area contributed by atoms with Gasteiger partial charge in [-0.05, 0) is 35.4 Å². The molecular formula is C19H16BrFN4O3. The first-order valence-electron chi connectivity index (χ1n) is 8.19. The lowest BCUT2D eigenvalue weighted by atomic mass is 10.1. The summed E-state index contributed by atoms with van der Waals surface area (Å²) in [6.07, 6.45) is 0.595. The van der Waals surface area contributed by atoms with E-state index in [9.17, 15) is 14.0 Å². The summed E-state index contributed by atoms with van der Waals surface area (Å²) >= 11 is 3.40. The molecule has 0 aliphatic heterocycles. The molecular weight excluding hydrogens is 431 g/mol. The van der Waals surface area contributed by atoms with Crippen LogP contribution in [0.3, 0.4) is 0 Å². The minimum Gasteiger partial charge on any atom is -0.445 e. The lowest BCUT2D eigenvalue weighted by molar-refractivity contribution is 0.164. The average Bonchev–Trinajstić information content (AvgIpc) is 3.06. The minimum atomic E-state index is -1.03. The second-order valence-corrected chi connectivity index (χ2v) is 6.79. The summed E-state index contributed by atoms with van der Waals surface area (Å²) in [7, 11) is 0. The number of carbonyl (C=O) groups is 1. The van der Waals surface area contributed by atoms with Gasteiger partial charge in [-0.25, -0.2) is 23.2 Å². The van der Waals surface area contributed by atoms with E-state index in [4.69, 9.17) is 5.73 Å². The molecule has 0 unspecified atom stereocenters. The van der Waals surface area contributed by atoms with Crippen molar-refractivity contribution in [1.29, 1.82) is 0 Å². The van der Waals surface area contributed by atoms with Gasteiger partial charge in [-0.2, -0.15) is 5.10 Å². The molecule has 9 heteroatoms. The lowest BCUT2D eigenvalue weighted by Crippen LogP contribution is -2.26. The highest BCUT2D eigenvalue weighted by atomic mass is 79.9. The Kier molecular flexibility index (Phi) is 6.05. The first-order chi connectivity index (χ1) is 13.5. The number of carbonyl (C=O) groups excluding carboxylic acids is 1. The van der Waals surface area contributed by atoms with Crippen LogP contribution in [-0.2, 0) is 11.3 Å². The number of amides is 1. The van der Waals surface area contributed by atoms with Crippen LogP contribution in [0.2, 0.25) is 0 Å². The van der Waals surface area contributed by atoms with Crippen LogP contribution in [0, 0.1) is 0 Å². The van der Waals surface area contributed by atoms with E-state index in [1.54, 1.807) is 6.07 Å². The van der Waals surface area contributed by atoms with Gasteiger partial charge in [0.2, 0.25) is 0 Å². The Hall–Kier alpha value is -3.20. The van der Waals surface area contributed by atoms with Crippen LogP contribution in [0.5, 0.6) is 0 Å². The second-order valence-electron chi connectivity index (χ2n) is 5.87. The molecule has 0 atom stereocenters. The van der Waals surface area contributed by atoms with E-state index in [0.29, 0.717) is 5.69 Å². The normalized spacial score (nSPS) is 11.4. The van der Waals surface area contributed by atoms with Gasteiger partial charge in [0.25, 0.3) is 0 Å². The third kappa shape index (κ3) is 4.55. The quantitative estimate of drug-likeness (QED) is 0.627. The van der Waals surface area contributed by atoms with Crippen molar-refractivity contribution in [2.24, 2.45) is 5.73 Å². The van der Waals surface area contributed by atoms with Crippen molar-refractivity contribution in [2.75, 3.05) is 6.61 Å². The molecule has 1 aromatic heterocycles. The fraction of sp³-hybridized carbons (Fsp3) is 0.105. The maximum Gasteiger partial charge on any atom is 0.404 e. The standard InChI is InChI=1S/C19H16BrFN4O3/c20-16-6-4-14(5-7-16)15-2-1-3-17(8-15)24-12-23-25(19(24)27)10-13(9-21)11-28-18(22)26/h1-9,12H,10-11H2,(H2,22,26). The molecule has 28 heavy (non-hydrogen) atoms. The number of hydrogen-bond donors (Lipinski definition) is 1. The molecule has 0 aliphatic carbocycles. The maximum atomic E-state index is 13.0. The third-order valence-corrected chi connectivity index (χ3v) is 4.47. The number of primary amides is 1. The Morgan fingerprint density at radius 1 is 1.21 bits per heavy atom. The topological polar surface area (TPSA) is 92.1 Å². The molecule has 0 bridgehead atoms. The molecule has 3 rings (SSSR count). The van der Waals surface area contributed by atoms with Crippen LogP contribution >= 0.6 is 15.9 Å². The minimum absolute atomic E-state index is 0.0507. The highest BCUT2D eigenvalue weighted by molar-refractivity contribution is 9.10. The molecule has 3 aromatic rings. The van der Waals surface area contributed by atoms with Gasteiger partial charge in [0.05, 0.1) is 18.6 Å². The zero-order valence-electron chi connectivity index (χ0n) is 14.6. The summed E-state index contributed by atoms with van der Waals surface area (Å²) in [5, 5.41) is 4.00. The first-order valence-corrected chi connectivity index (χ1v) is 8.98. The van der Waals surface area contributed by atoms with Gasteiger partial charge >= 0.3 is 11.8 Å². The van der Waals surface area contributed by atoms with E-state index in [0.717, 1.165) is 20.3 Å². The van der Waals surface area contributed by atoms with Crippen molar-refractivity contribution in [3.63, 3.8) is 0 Å². The molecule has 2 aromatic carbocycles. The van der Waals surface area contributed by atoms with Crippen molar-refractivity contribution in [3.05, 3.63) is 81.7 Å². The summed E-state index contributed by atoms with van der Waals surface area (Å²) in [6, 6.07) is 15.2. The number of halogens is 2. The number of benzene rings is 2. The van der Waals surface area contributed by atoms with Crippen LogP contribution in [0.15, 0.2) is 76.0 Å². The number of nitrogens with zero attached hydrogens (tertiary/aromatic N) is 3. The summed E-state index contributed by atoms with van der Waals surface area (Å²) in [5.41, 5.74) is 7.02. The van der Waals surface area contributed by atoms with Crippen molar-refractivity contribution >= 4 is 22.0 Å². The largest absolute Gasteiger partial charge is 0.445 e. The Balaban J connectivity index is 1.86. The van der Waals surface area contributed by atoms with Gasteiger partial charge < -0.3 is 10.5 Å². The van der Waals surface area contributed by atoms with Crippen LogP contribution < -0.4 is 11.4 Å². The molecule has 0 fully saturated rings. The van der Waals surface area contributed by atoms with E-state index in [2.05, 4.69) is 25.8 Å². The van der Waals surface area contributed by atoms with Crippen molar-refractivity contribution in [3.8, 4) is 16.8 Å². The van der Waals surface area contributed by atoms with E-state index in [1.807, 2.05) is 42.5 Å². The predicted octanol–water partition coefficient (Wildman–Crippen LogP) is 3.41. The number of aromatic nitrogens is 3. The van der Waals surface area contributed by atoms with E-state index >= 15 is 0 Å². The van der Waals surface area contributed by atoms with Crippen molar-refractivity contribution in [1.82, 2.24) is 14.3 Å². The number of hydrogen-bond acceptors (Lipinski definition) is 4. The molecule has 0 saturated carbocycles. The van der Waals surface area contributed by atoms with Crippen LogP contribution in [0.1, 0.15) is 0 Å². The van der Waals surface area contributed by atoms with Gasteiger partial charge in [0, 0.05) is 10.0 Å². The molecule has 2 N–H and O–H groups in total. The Labute approximate surface area is 168 Å². The number of ether oxygens (including phenoxy) is 1. The van der Waals surface area contributed by atoms with Gasteiger partial charge in [-0.15, -0.1) is 0 Å².